The Morgan fingerprint density at radius 1 is 1.44 bits per heavy atom. The number of carbonyl (C=O) groups excluding carboxylic acids is 1. The molecular weight excluding hydrogens is 228 g/mol. The Morgan fingerprint density at radius 3 is 2.50 bits per heavy atom. The first-order chi connectivity index (χ1) is 8.46. The van der Waals surface area contributed by atoms with Gasteiger partial charge in [0, 0.05) is 6.42 Å². The van der Waals surface area contributed by atoms with Crippen molar-refractivity contribution in [3.63, 3.8) is 0 Å². The highest BCUT2D eigenvalue weighted by molar-refractivity contribution is 5.81. The van der Waals surface area contributed by atoms with Gasteiger partial charge in [-0.1, -0.05) is 18.7 Å². The van der Waals surface area contributed by atoms with Crippen molar-refractivity contribution in [1.29, 1.82) is 10.5 Å². The summed E-state index contributed by atoms with van der Waals surface area (Å²) in [6, 6.07) is 3.98. The minimum absolute atomic E-state index is 0.258. The molecule has 1 aliphatic carbocycles. The Balaban J connectivity index is 3.27. The number of hydrogen-bond acceptors (Lipinski definition) is 4. The SMILES string of the molecule is C=C1C(C#N)(C#N)CC=CCC1(C)C(=O)OCC. The van der Waals surface area contributed by atoms with Crippen LogP contribution in [-0.4, -0.2) is 12.6 Å². The molecule has 1 atom stereocenters. The summed E-state index contributed by atoms with van der Waals surface area (Å²) in [6.45, 7) is 7.50. The van der Waals surface area contributed by atoms with Crippen LogP contribution in [-0.2, 0) is 9.53 Å². The van der Waals surface area contributed by atoms with Gasteiger partial charge >= 0.3 is 5.97 Å². The molecule has 1 unspecified atom stereocenters. The molecule has 0 heterocycles. The molecule has 0 aliphatic heterocycles. The van der Waals surface area contributed by atoms with Crippen LogP contribution in [0.4, 0.5) is 0 Å². The first-order valence-corrected chi connectivity index (χ1v) is 5.81. The predicted octanol–water partition coefficient (Wildman–Crippen LogP) is 2.50. The summed E-state index contributed by atoms with van der Waals surface area (Å²) in [4.78, 5) is 12.1. The second-order valence-electron chi connectivity index (χ2n) is 4.54. The Kier molecular flexibility index (Phi) is 3.93. The predicted molar refractivity (Wildman–Crippen MR) is 65.9 cm³/mol. The smallest absolute Gasteiger partial charge is 0.316 e. The van der Waals surface area contributed by atoms with Gasteiger partial charge < -0.3 is 4.74 Å². The van der Waals surface area contributed by atoms with Crippen molar-refractivity contribution in [2.75, 3.05) is 6.61 Å². The fourth-order valence-corrected chi connectivity index (χ4v) is 2.04. The molecule has 0 aromatic carbocycles. The zero-order chi connectivity index (χ0) is 13.8. The molecule has 0 spiro atoms. The van der Waals surface area contributed by atoms with Gasteiger partial charge in [-0.05, 0) is 25.8 Å². The van der Waals surface area contributed by atoms with Gasteiger partial charge in [0.2, 0.25) is 0 Å². The third-order valence-electron chi connectivity index (χ3n) is 3.41. The summed E-state index contributed by atoms with van der Waals surface area (Å²) in [5.74, 6) is -0.434. The lowest BCUT2D eigenvalue weighted by Crippen LogP contribution is -2.37. The summed E-state index contributed by atoms with van der Waals surface area (Å²) in [5, 5.41) is 18.5. The van der Waals surface area contributed by atoms with Gasteiger partial charge in [0.1, 0.15) is 0 Å². The third kappa shape index (κ3) is 2.02. The van der Waals surface area contributed by atoms with E-state index in [4.69, 9.17) is 4.74 Å². The van der Waals surface area contributed by atoms with Crippen molar-refractivity contribution in [3.8, 4) is 12.1 Å². The summed E-state index contributed by atoms with van der Waals surface area (Å²) < 4.78 is 5.04. The summed E-state index contributed by atoms with van der Waals surface area (Å²) >= 11 is 0. The molecule has 0 radical (unpaired) electrons. The van der Waals surface area contributed by atoms with E-state index in [0.29, 0.717) is 12.0 Å². The molecule has 4 heteroatoms. The van der Waals surface area contributed by atoms with Crippen molar-refractivity contribution in [2.45, 2.75) is 26.7 Å². The van der Waals surface area contributed by atoms with Crippen molar-refractivity contribution < 1.29 is 9.53 Å². The highest BCUT2D eigenvalue weighted by atomic mass is 16.5. The highest BCUT2D eigenvalue weighted by Gasteiger charge is 2.48. The Hall–Kier alpha value is -2.07. The molecule has 0 saturated carbocycles. The van der Waals surface area contributed by atoms with Gasteiger partial charge in [0.15, 0.2) is 5.41 Å². The maximum Gasteiger partial charge on any atom is 0.316 e. The van der Waals surface area contributed by atoms with E-state index in [1.54, 1.807) is 26.0 Å². The quantitative estimate of drug-likeness (QED) is 0.552. The van der Waals surface area contributed by atoms with Crippen LogP contribution in [0.3, 0.4) is 0 Å². The van der Waals surface area contributed by atoms with Crippen LogP contribution in [0.15, 0.2) is 24.3 Å². The van der Waals surface area contributed by atoms with Crippen molar-refractivity contribution in [3.05, 3.63) is 24.3 Å². The number of nitrogens with zero attached hydrogens (tertiary/aromatic N) is 2. The van der Waals surface area contributed by atoms with E-state index < -0.39 is 16.8 Å². The summed E-state index contributed by atoms with van der Waals surface area (Å²) in [6.07, 6.45) is 4.21. The second-order valence-corrected chi connectivity index (χ2v) is 4.54. The van der Waals surface area contributed by atoms with Crippen LogP contribution in [0.25, 0.3) is 0 Å². The van der Waals surface area contributed by atoms with Crippen molar-refractivity contribution in [2.24, 2.45) is 10.8 Å². The fourth-order valence-electron chi connectivity index (χ4n) is 2.04. The van der Waals surface area contributed by atoms with Gasteiger partial charge in [-0.3, -0.25) is 4.79 Å². The normalized spacial score (nSPS) is 25.7. The molecule has 0 N–H and O–H groups in total. The molecule has 0 amide bonds. The summed E-state index contributed by atoms with van der Waals surface area (Å²) in [7, 11) is 0. The molecule has 1 rings (SSSR count). The number of hydrogen-bond donors (Lipinski definition) is 0. The third-order valence-corrected chi connectivity index (χ3v) is 3.41. The van der Waals surface area contributed by atoms with Crippen LogP contribution in [0.5, 0.6) is 0 Å². The van der Waals surface area contributed by atoms with Crippen LogP contribution < -0.4 is 0 Å². The van der Waals surface area contributed by atoms with E-state index in [2.05, 4.69) is 6.58 Å². The van der Waals surface area contributed by atoms with Gasteiger partial charge in [0.25, 0.3) is 0 Å². The number of allylic oxidation sites excluding steroid dienone is 2. The van der Waals surface area contributed by atoms with E-state index in [-0.39, 0.29) is 13.0 Å². The van der Waals surface area contributed by atoms with Crippen molar-refractivity contribution >= 4 is 5.97 Å². The van der Waals surface area contributed by atoms with Gasteiger partial charge in [0.05, 0.1) is 24.2 Å². The molecule has 18 heavy (non-hydrogen) atoms. The number of esters is 1. The second kappa shape index (κ2) is 5.06. The number of ether oxygens (including phenoxy) is 1. The standard InChI is InChI=1S/C14H16N2O2/c1-4-18-12(17)13(3)7-5-6-8-14(9-15,10-16)11(13)2/h5-6H,2,4,7-8H2,1,3H3. The van der Waals surface area contributed by atoms with E-state index in [1.165, 1.54) is 0 Å². The van der Waals surface area contributed by atoms with Gasteiger partial charge in [-0.2, -0.15) is 10.5 Å². The van der Waals surface area contributed by atoms with Crippen molar-refractivity contribution in [1.82, 2.24) is 0 Å². The van der Waals surface area contributed by atoms with E-state index >= 15 is 0 Å². The zero-order valence-electron chi connectivity index (χ0n) is 10.7. The lowest BCUT2D eigenvalue weighted by molar-refractivity contribution is -0.152. The van der Waals surface area contributed by atoms with E-state index in [9.17, 15) is 15.3 Å². The number of carbonyl (C=O) groups is 1. The van der Waals surface area contributed by atoms with E-state index in [0.717, 1.165) is 0 Å². The maximum atomic E-state index is 12.1. The van der Waals surface area contributed by atoms with Gasteiger partial charge in [-0.25, -0.2) is 0 Å². The Labute approximate surface area is 107 Å². The average molecular weight is 244 g/mol. The molecule has 0 saturated heterocycles. The Bertz CT molecular complexity index is 465. The zero-order valence-corrected chi connectivity index (χ0v) is 10.7. The summed E-state index contributed by atoms with van der Waals surface area (Å²) in [5.41, 5.74) is -2.05. The monoisotopic (exact) mass is 244 g/mol. The minimum atomic E-state index is -1.35. The van der Waals surface area contributed by atoms with Crippen LogP contribution in [0.2, 0.25) is 0 Å². The van der Waals surface area contributed by atoms with Crippen LogP contribution in [0, 0.1) is 33.5 Å². The lowest BCUT2D eigenvalue weighted by Gasteiger charge is -2.32. The number of rotatable bonds is 2. The fraction of sp³-hybridized carbons (Fsp3) is 0.500. The topological polar surface area (TPSA) is 73.9 Å². The largest absolute Gasteiger partial charge is 0.465 e. The molecule has 0 aromatic heterocycles. The molecule has 1 aliphatic rings. The Morgan fingerprint density at radius 2 is 2.00 bits per heavy atom. The molecule has 0 aromatic rings. The van der Waals surface area contributed by atoms with Gasteiger partial charge in [-0.15, -0.1) is 0 Å². The first-order valence-electron chi connectivity index (χ1n) is 5.81. The maximum absolute atomic E-state index is 12.1. The van der Waals surface area contributed by atoms with E-state index in [1.807, 2.05) is 12.1 Å². The van der Waals surface area contributed by atoms with Crippen LogP contribution in [0.1, 0.15) is 26.7 Å². The molecule has 4 nitrogen and oxygen atoms in total. The lowest BCUT2D eigenvalue weighted by atomic mass is 9.68. The molecule has 0 bridgehead atoms. The molecule has 0 fully saturated rings. The molecular formula is C14H16N2O2. The first kappa shape index (κ1) is 14.0. The van der Waals surface area contributed by atoms with Crippen LogP contribution >= 0.6 is 0 Å². The average Bonchev–Trinajstić information content (AvgIpc) is 2.50. The highest BCUT2D eigenvalue weighted by Crippen LogP contribution is 2.46. The number of nitriles is 2. The minimum Gasteiger partial charge on any atom is -0.465 e. The molecule has 94 valence electrons.